The van der Waals surface area contributed by atoms with E-state index in [0.29, 0.717) is 22.9 Å². The van der Waals surface area contributed by atoms with Gasteiger partial charge in [0, 0.05) is 22.9 Å². The standard InChI is InChI=1S/C13H14N2O/c1-2-9-6-10(8-11(14)7-9)13(16)15-12-4-3-5-12/h1,6-8,12H,3-5,14H2,(H,15,16). The van der Waals surface area contributed by atoms with Gasteiger partial charge < -0.3 is 11.1 Å². The van der Waals surface area contributed by atoms with E-state index >= 15 is 0 Å². The summed E-state index contributed by atoms with van der Waals surface area (Å²) >= 11 is 0. The van der Waals surface area contributed by atoms with Crippen LogP contribution in [-0.4, -0.2) is 11.9 Å². The lowest BCUT2D eigenvalue weighted by molar-refractivity contribution is 0.0917. The van der Waals surface area contributed by atoms with Gasteiger partial charge in [-0.25, -0.2) is 0 Å². The lowest BCUT2D eigenvalue weighted by Gasteiger charge is -2.26. The molecule has 3 heteroatoms. The van der Waals surface area contributed by atoms with Gasteiger partial charge in [0.2, 0.25) is 0 Å². The minimum Gasteiger partial charge on any atom is -0.399 e. The average molecular weight is 214 g/mol. The van der Waals surface area contributed by atoms with Crippen LogP contribution in [0.4, 0.5) is 5.69 Å². The molecule has 82 valence electrons. The fourth-order valence-electron chi connectivity index (χ4n) is 1.69. The Hall–Kier alpha value is -1.95. The van der Waals surface area contributed by atoms with Crippen LogP contribution in [0.1, 0.15) is 35.2 Å². The first-order valence-electron chi connectivity index (χ1n) is 5.37. The molecule has 0 atom stereocenters. The van der Waals surface area contributed by atoms with Gasteiger partial charge in [-0.15, -0.1) is 6.42 Å². The third kappa shape index (κ3) is 2.17. The molecule has 0 aliphatic heterocycles. The number of rotatable bonds is 2. The van der Waals surface area contributed by atoms with E-state index in [2.05, 4.69) is 11.2 Å². The van der Waals surface area contributed by atoms with Gasteiger partial charge in [-0.1, -0.05) is 5.92 Å². The van der Waals surface area contributed by atoms with Gasteiger partial charge in [-0.2, -0.15) is 0 Å². The van der Waals surface area contributed by atoms with Gasteiger partial charge in [-0.05, 0) is 37.5 Å². The molecule has 0 saturated heterocycles. The molecule has 0 bridgehead atoms. The molecule has 1 saturated carbocycles. The van der Waals surface area contributed by atoms with E-state index in [1.54, 1.807) is 18.2 Å². The predicted molar refractivity (Wildman–Crippen MR) is 63.9 cm³/mol. The third-order valence-corrected chi connectivity index (χ3v) is 2.82. The summed E-state index contributed by atoms with van der Waals surface area (Å²) in [6.07, 6.45) is 8.61. The lowest BCUT2D eigenvalue weighted by Crippen LogP contribution is -2.39. The van der Waals surface area contributed by atoms with Crippen LogP contribution in [0.25, 0.3) is 0 Å². The molecular formula is C13H14N2O. The molecule has 16 heavy (non-hydrogen) atoms. The quantitative estimate of drug-likeness (QED) is 0.579. The van der Waals surface area contributed by atoms with Gasteiger partial charge in [-0.3, -0.25) is 4.79 Å². The minimum atomic E-state index is -0.0894. The minimum absolute atomic E-state index is 0.0894. The monoisotopic (exact) mass is 214 g/mol. The second-order valence-electron chi connectivity index (χ2n) is 4.09. The topological polar surface area (TPSA) is 55.1 Å². The van der Waals surface area contributed by atoms with Crippen molar-refractivity contribution in [1.29, 1.82) is 0 Å². The van der Waals surface area contributed by atoms with E-state index in [1.165, 1.54) is 6.42 Å². The normalized spacial score (nSPS) is 14.9. The first-order valence-corrected chi connectivity index (χ1v) is 5.37. The van der Waals surface area contributed by atoms with Crippen LogP contribution in [0.15, 0.2) is 18.2 Å². The van der Waals surface area contributed by atoms with E-state index < -0.39 is 0 Å². The van der Waals surface area contributed by atoms with Gasteiger partial charge >= 0.3 is 0 Å². The van der Waals surface area contributed by atoms with Crippen molar-refractivity contribution >= 4 is 11.6 Å². The van der Waals surface area contributed by atoms with Crippen LogP contribution in [0.2, 0.25) is 0 Å². The Morgan fingerprint density at radius 2 is 2.19 bits per heavy atom. The molecule has 1 aliphatic carbocycles. The SMILES string of the molecule is C#Cc1cc(N)cc(C(=O)NC2CCC2)c1. The van der Waals surface area contributed by atoms with E-state index in [-0.39, 0.29) is 5.91 Å². The average Bonchev–Trinajstić information content (AvgIpc) is 2.22. The number of terminal acetylenes is 1. The van der Waals surface area contributed by atoms with Gasteiger partial charge in [0.25, 0.3) is 5.91 Å². The Balaban J connectivity index is 2.15. The van der Waals surface area contributed by atoms with Gasteiger partial charge in [0.1, 0.15) is 0 Å². The maximum atomic E-state index is 11.8. The molecule has 1 aromatic rings. The zero-order chi connectivity index (χ0) is 11.5. The number of benzene rings is 1. The second kappa shape index (κ2) is 4.28. The number of hydrogen-bond donors (Lipinski definition) is 2. The molecule has 3 nitrogen and oxygen atoms in total. The van der Waals surface area contributed by atoms with Crippen molar-refractivity contribution in [2.45, 2.75) is 25.3 Å². The predicted octanol–water partition coefficient (Wildman–Crippen LogP) is 1.53. The van der Waals surface area contributed by atoms with Crippen LogP contribution in [0.3, 0.4) is 0 Å². The number of anilines is 1. The van der Waals surface area contributed by atoms with Crippen LogP contribution >= 0.6 is 0 Å². The van der Waals surface area contributed by atoms with Crippen molar-refractivity contribution in [3.63, 3.8) is 0 Å². The Kier molecular flexibility index (Phi) is 2.82. The summed E-state index contributed by atoms with van der Waals surface area (Å²) in [5, 5.41) is 2.95. The number of nitrogens with one attached hydrogen (secondary N) is 1. The third-order valence-electron chi connectivity index (χ3n) is 2.82. The fourth-order valence-corrected chi connectivity index (χ4v) is 1.69. The van der Waals surface area contributed by atoms with Crippen molar-refractivity contribution in [2.75, 3.05) is 5.73 Å². The highest BCUT2D eigenvalue weighted by Gasteiger charge is 2.20. The zero-order valence-corrected chi connectivity index (χ0v) is 8.99. The van der Waals surface area contributed by atoms with Crippen molar-refractivity contribution < 1.29 is 4.79 Å². The summed E-state index contributed by atoms with van der Waals surface area (Å²) in [7, 11) is 0. The van der Waals surface area contributed by atoms with Crippen molar-refractivity contribution in [1.82, 2.24) is 5.32 Å². The number of carbonyl (C=O) groups is 1. The summed E-state index contributed by atoms with van der Waals surface area (Å²) in [6, 6.07) is 5.34. The smallest absolute Gasteiger partial charge is 0.251 e. The second-order valence-corrected chi connectivity index (χ2v) is 4.09. The molecule has 1 amide bonds. The number of carbonyl (C=O) groups excluding carboxylic acids is 1. The van der Waals surface area contributed by atoms with E-state index in [1.807, 2.05) is 0 Å². The molecule has 0 unspecified atom stereocenters. The van der Waals surface area contributed by atoms with Crippen LogP contribution in [0, 0.1) is 12.3 Å². The molecule has 0 radical (unpaired) electrons. The molecule has 0 spiro atoms. The molecule has 2 rings (SSSR count). The van der Waals surface area contributed by atoms with E-state index in [0.717, 1.165) is 12.8 Å². The van der Waals surface area contributed by atoms with Crippen molar-refractivity contribution in [3.8, 4) is 12.3 Å². The van der Waals surface area contributed by atoms with Gasteiger partial charge in [0.05, 0.1) is 0 Å². The molecule has 3 N–H and O–H groups in total. The Bertz CT molecular complexity index is 455. The summed E-state index contributed by atoms with van der Waals surface area (Å²) < 4.78 is 0. The summed E-state index contributed by atoms with van der Waals surface area (Å²) in [5.41, 5.74) is 7.38. The van der Waals surface area contributed by atoms with Crippen LogP contribution < -0.4 is 11.1 Å². The Morgan fingerprint density at radius 1 is 1.44 bits per heavy atom. The lowest BCUT2D eigenvalue weighted by atomic mass is 9.93. The number of nitrogens with two attached hydrogens (primary N) is 1. The largest absolute Gasteiger partial charge is 0.399 e. The number of nitrogen functional groups attached to an aromatic ring is 1. The van der Waals surface area contributed by atoms with Crippen molar-refractivity contribution in [3.05, 3.63) is 29.3 Å². The summed E-state index contributed by atoms with van der Waals surface area (Å²) in [4.78, 5) is 11.8. The van der Waals surface area contributed by atoms with Crippen LogP contribution in [0.5, 0.6) is 0 Å². The highest BCUT2D eigenvalue weighted by Crippen LogP contribution is 2.19. The first kappa shape index (κ1) is 10.6. The molecular weight excluding hydrogens is 200 g/mol. The molecule has 0 heterocycles. The van der Waals surface area contributed by atoms with E-state index in [9.17, 15) is 4.79 Å². The number of amides is 1. The van der Waals surface area contributed by atoms with Crippen molar-refractivity contribution in [2.24, 2.45) is 0 Å². The zero-order valence-electron chi connectivity index (χ0n) is 8.99. The van der Waals surface area contributed by atoms with Crippen LogP contribution in [-0.2, 0) is 0 Å². The molecule has 1 fully saturated rings. The molecule has 0 aromatic heterocycles. The molecule has 1 aromatic carbocycles. The number of hydrogen-bond acceptors (Lipinski definition) is 2. The first-order chi connectivity index (χ1) is 7.69. The summed E-state index contributed by atoms with van der Waals surface area (Å²) in [5.74, 6) is 2.39. The fraction of sp³-hybridized carbons (Fsp3) is 0.308. The molecule has 1 aliphatic rings. The maximum absolute atomic E-state index is 11.8. The highest BCUT2D eigenvalue weighted by atomic mass is 16.1. The summed E-state index contributed by atoms with van der Waals surface area (Å²) in [6.45, 7) is 0. The van der Waals surface area contributed by atoms with Gasteiger partial charge in [0.15, 0.2) is 0 Å². The Labute approximate surface area is 95.0 Å². The van der Waals surface area contributed by atoms with E-state index in [4.69, 9.17) is 12.2 Å². The highest BCUT2D eigenvalue weighted by molar-refractivity contribution is 5.95. The Morgan fingerprint density at radius 3 is 2.75 bits per heavy atom. The maximum Gasteiger partial charge on any atom is 0.251 e.